The number of hydrogen-bond donors (Lipinski definition) is 0. The molecule has 0 bridgehead atoms. The highest BCUT2D eigenvalue weighted by atomic mass is 31.2. The van der Waals surface area contributed by atoms with Crippen molar-refractivity contribution in [1.29, 1.82) is 0 Å². The molecule has 0 fully saturated rings. The number of benzene rings is 2. The van der Waals surface area contributed by atoms with Crippen LogP contribution in [-0.2, 0) is 9.36 Å². The lowest BCUT2D eigenvalue weighted by molar-refractivity contribution is -0.132. The maximum atomic E-state index is 15.1. The van der Waals surface area contributed by atoms with E-state index in [1.807, 2.05) is 65.6 Å². The fourth-order valence-corrected chi connectivity index (χ4v) is 7.41. The van der Waals surface area contributed by atoms with Crippen LogP contribution in [0.15, 0.2) is 60.7 Å². The second-order valence-electron chi connectivity index (χ2n) is 9.36. The van der Waals surface area contributed by atoms with Crippen LogP contribution in [0.25, 0.3) is 0 Å². The molecule has 0 N–H and O–H groups in total. The minimum absolute atomic E-state index is 0.00957. The number of rotatable bonds is 12. The molecule has 0 aliphatic heterocycles. The maximum Gasteiger partial charge on any atom is 0.235 e. The molecule has 1 unspecified atom stereocenters. The Labute approximate surface area is 195 Å². The lowest BCUT2D eigenvalue weighted by atomic mass is 10.1. The summed E-state index contributed by atoms with van der Waals surface area (Å²) >= 11 is 0. The third-order valence-corrected chi connectivity index (χ3v) is 9.20. The summed E-state index contributed by atoms with van der Waals surface area (Å²) in [5.41, 5.74) is -0.621. The van der Waals surface area contributed by atoms with Crippen molar-refractivity contribution in [3.63, 3.8) is 0 Å². The summed E-state index contributed by atoms with van der Waals surface area (Å²) in [5.74, 6) is 0.703. The first-order chi connectivity index (χ1) is 15.2. The Morgan fingerprint density at radius 3 is 1.50 bits per heavy atom. The second kappa shape index (κ2) is 12.4. The highest BCUT2D eigenvalue weighted by molar-refractivity contribution is 7.80. The number of amides is 1. The Balaban J connectivity index is 2.68. The van der Waals surface area contributed by atoms with E-state index in [0.29, 0.717) is 31.5 Å². The van der Waals surface area contributed by atoms with Crippen LogP contribution < -0.4 is 10.6 Å². The minimum Gasteiger partial charge on any atom is -0.341 e. The summed E-state index contributed by atoms with van der Waals surface area (Å²) in [4.78, 5) is 18.4. The van der Waals surface area contributed by atoms with Crippen LogP contribution in [-0.4, -0.2) is 54.1 Å². The predicted molar refractivity (Wildman–Crippen MR) is 138 cm³/mol. The van der Waals surface area contributed by atoms with Crippen molar-refractivity contribution in [2.75, 3.05) is 32.7 Å². The smallest absolute Gasteiger partial charge is 0.235 e. The normalized spacial score (nSPS) is 13.0. The lowest BCUT2D eigenvalue weighted by Crippen LogP contribution is -2.49. The van der Waals surface area contributed by atoms with Gasteiger partial charge in [0.15, 0.2) is 7.14 Å². The molecule has 0 spiro atoms. The zero-order chi connectivity index (χ0) is 23.7. The third-order valence-electron chi connectivity index (χ3n) is 5.81. The molecule has 0 aromatic heterocycles. The molecule has 2 rings (SSSR count). The molecular formula is C27H41N2O2P. The van der Waals surface area contributed by atoms with Gasteiger partial charge in [0.1, 0.15) is 5.66 Å². The molecule has 0 saturated carbocycles. The predicted octanol–water partition coefficient (Wildman–Crippen LogP) is 4.85. The van der Waals surface area contributed by atoms with Gasteiger partial charge in [-0.05, 0) is 24.9 Å². The Bertz CT molecular complexity index is 810. The molecule has 2 aromatic carbocycles. The van der Waals surface area contributed by atoms with E-state index < -0.39 is 12.8 Å². The van der Waals surface area contributed by atoms with Gasteiger partial charge in [-0.3, -0.25) is 4.79 Å². The fourth-order valence-electron chi connectivity index (χ4n) is 4.23. The molecule has 4 nitrogen and oxygen atoms in total. The van der Waals surface area contributed by atoms with Crippen molar-refractivity contribution in [2.45, 2.75) is 47.2 Å². The molecule has 0 aliphatic rings. The Morgan fingerprint density at radius 1 is 0.750 bits per heavy atom. The molecule has 0 aliphatic carbocycles. The molecule has 1 amide bonds. The van der Waals surface area contributed by atoms with Crippen LogP contribution in [0.3, 0.4) is 0 Å². The first kappa shape index (κ1) is 26.4. The molecule has 5 heteroatoms. The average molecular weight is 457 g/mol. The Kier molecular flexibility index (Phi) is 10.2. The zero-order valence-corrected chi connectivity index (χ0v) is 21.6. The van der Waals surface area contributed by atoms with Gasteiger partial charge in [-0.15, -0.1) is 0 Å². The van der Waals surface area contributed by atoms with Gasteiger partial charge < -0.3 is 14.4 Å². The van der Waals surface area contributed by atoms with Crippen LogP contribution in [0.2, 0.25) is 0 Å². The van der Waals surface area contributed by atoms with Crippen LogP contribution >= 0.6 is 7.14 Å². The summed E-state index contributed by atoms with van der Waals surface area (Å²) in [6, 6.07) is 19.2. The van der Waals surface area contributed by atoms with Gasteiger partial charge in [0.05, 0.1) is 0 Å². The highest BCUT2D eigenvalue weighted by Crippen LogP contribution is 2.49. The van der Waals surface area contributed by atoms with Gasteiger partial charge in [-0.25, -0.2) is 0 Å². The van der Waals surface area contributed by atoms with Gasteiger partial charge in [0.25, 0.3) is 0 Å². The lowest BCUT2D eigenvalue weighted by Gasteiger charge is -2.36. The van der Waals surface area contributed by atoms with E-state index >= 15 is 4.57 Å². The fraction of sp³-hybridized carbons (Fsp3) is 0.519. The van der Waals surface area contributed by atoms with E-state index in [0.717, 1.165) is 23.7 Å². The largest absolute Gasteiger partial charge is 0.341 e. The third kappa shape index (κ3) is 6.56. The minimum atomic E-state index is -3.24. The van der Waals surface area contributed by atoms with E-state index in [1.54, 1.807) is 0 Å². The molecule has 176 valence electrons. The van der Waals surface area contributed by atoms with E-state index in [-0.39, 0.29) is 5.91 Å². The molecular weight excluding hydrogens is 415 g/mol. The molecule has 1 atom stereocenters. The molecule has 0 radical (unpaired) electrons. The van der Waals surface area contributed by atoms with Crippen LogP contribution in [0.5, 0.6) is 0 Å². The van der Waals surface area contributed by atoms with Crippen molar-refractivity contribution in [3.8, 4) is 0 Å². The standard InChI is InChI=1S/C27H41N2O2P/c1-7-28(8-2)21-26(27(30)29(19-22(3)4)20-23(5)6)32(31,24-15-11-9-12-16-24)25-17-13-10-14-18-25/h9-18,22-23,26H,7-8,19-21H2,1-6H3. The van der Waals surface area contributed by atoms with Crippen molar-refractivity contribution in [2.24, 2.45) is 11.8 Å². The molecule has 0 saturated heterocycles. The van der Waals surface area contributed by atoms with Gasteiger partial charge in [-0.1, -0.05) is 102 Å². The van der Waals surface area contributed by atoms with Gasteiger partial charge in [0, 0.05) is 30.2 Å². The van der Waals surface area contributed by atoms with E-state index in [2.05, 4.69) is 46.4 Å². The van der Waals surface area contributed by atoms with Gasteiger partial charge in [0.2, 0.25) is 5.91 Å². The summed E-state index contributed by atoms with van der Waals surface area (Å²) in [6.07, 6.45) is 0. The summed E-state index contributed by atoms with van der Waals surface area (Å²) in [5, 5.41) is 1.51. The van der Waals surface area contributed by atoms with Crippen LogP contribution in [0.1, 0.15) is 41.5 Å². The molecule has 0 heterocycles. The van der Waals surface area contributed by atoms with E-state index in [1.165, 1.54) is 0 Å². The summed E-state index contributed by atoms with van der Waals surface area (Å²) < 4.78 is 15.1. The number of carbonyl (C=O) groups is 1. The molecule has 32 heavy (non-hydrogen) atoms. The van der Waals surface area contributed by atoms with Crippen molar-refractivity contribution >= 4 is 23.7 Å². The quantitative estimate of drug-likeness (QED) is 0.429. The Hall–Kier alpha value is -1.90. The average Bonchev–Trinajstić information content (AvgIpc) is 2.79. The van der Waals surface area contributed by atoms with E-state index in [4.69, 9.17) is 0 Å². The monoisotopic (exact) mass is 456 g/mol. The summed E-state index contributed by atoms with van der Waals surface area (Å²) in [6.45, 7) is 16.2. The number of nitrogens with zero attached hydrogens (tertiary/aromatic N) is 2. The molecule has 2 aromatic rings. The maximum absolute atomic E-state index is 15.1. The van der Waals surface area contributed by atoms with Gasteiger partial charge >= 0.3 is 0 Å². The zero-order valence-electron chi connectivity index (χ0n) is 20.7. The van der Waals surface area contributed by atoms with E-state index in [9.17, 15) is 4.79 Å². The first-order valence-corrected chi connectivity index (χ1v) is 13.7. The van der Waals surface area contributed by atoms with Gasteiger partial charge in [-0.2, -0.15) is 0 Å². The second-order valence-corrected chi connectivity index (χ2v) is 12.3. The van der Waals surface area contributed by atoms with Crippen LogP contribution in [0, 0.1) is 11.8 Å². The number of hydrogen-bond acceptors (Lipinski definition) is 3. The van der Waals surface area contributed by atoms with Crippen molar-refractivity contribution in [3.05, 3.63) is 60.7 Å². The van der Waals surface area contributed by atoms with Crippen molar-refractivity contribution < 1.29 is 9.36 Å². The SMILES string of the molecule is CCN(CC)CC(C(=O)N(CC(C)C)CC(C)C)P(=O)(c1ccccc1)c1ccccc1. The Morgan fingerprint density at radius 2 is 1.16 bits per heavy atom. The first-order valence-electron chi connectivity index (χ1n) is 12.0. The topological polar surface area (TPSA) is 40.6 Å². The van der Waals surface area contributed by atoms with Crippen LogP contribution in [0.4, 0.5) is 0 Å². The van der Waals surface area contributed by atoms with Crippen molar-refractivity contribution in [1.82, 2.24) is 9.80 Å². The number of carbonyl (C=O) groups excluding carboxylic acids is 1. The summed E-state index contributed by atoms with van der Waals surface area (Å²) in [7, 11) is -3.24. The highest BCUT2D eigenvalue weighted by Gasteiger charge is 2.43.